The van der Waals surface area contributed by atoms with Gasteiger partial charge in [0.1, 0.15) is 0 Å². The van der Waals surface area contributed by atoms with E-state index >= 15 is 0 Å². The second-order valence-corrected chi connectivity index (χ2v) is 2.92. The zero-order chi connectivity index (χ0) is 11.9. The number of carbonyl (C=O) groups excluding carboxylic acids is 1. The second kappa shape index (κ2) is 6.62. The van der Waals surface area contributed by atoms with E-state index in [1.807, 2.05) is 0 Å². The molecule has 0 aliphatic heterocycles. The van der Waals surface area contributed by atoms with E-state index in [2.05, 4.69) is 9.47 Å². The maximum atomic E-state index is 11.6. The first-order valence-electron chi connectivity index (χ1n) is 4.31. The molecule has 0 aliphatic carbocycles. The lowest BCUT2D eigenvalue weighted by Crippen LogP contribution is -2.28. The van der Waals surface area contributed by atoms with Crippen molar-refractivity contribution < 1.29 is 27.4 Å². The molecule has 0 N–H and O–H groups in total. The number of rotatable bonds is 6. The molecule has 0 spiro atoms. The van der Waals surface area contributed by atoms with Crippen LogP contribution in [0.5, 0.6) is 0 Å². The van der Waals surface area contributed by atoms with Gasteiger partial charge in [-0.3, -0.25) is 9.53 Å². The minimum absolute atomic E-state index is 0.108. The molecular formula is C8H14F3NO3. The Bertz CT molecular complexity index is 196. The third-order valence-corrected chi connectivity index (χ3v) is 1.66. The van der Waals surface area contributed by atoms with Crippen LogP contribution in [0.15, 0.2) is 0 Å². The maximum Gasteiger partial charge on any atom is 0.522 e. The van der Waals surface area contributed by atoms with Crippen molar-refractivity contribution in [2.24, 2.45) is 0 Å². The molecule has 0 saturated carbocycles. The van der Waals surface area contributed by atoms with Crippen molar-refractivity contribution in [3.63, 3.8) is 0 Å². The standard InChI is InChI=1S/C8H14F3NO3/c1-12(4-3-7(13)14-2)5-6-15-8(9,10)11/h3-6H2,1-2H3. The third kappa shape index (κ3) is 9.48. The average Bonchev–Trinajstić information content (AvgIpc) is 2.12. The van der Waals surface area contributed by atoms with Crippen molar-refractivity contribution >= 4 is 5.97 Å². The number of hydrogen-bond acceptors (Lipinski definition) is 4. The number of halogens is 3. The number of methoxy groups -OCH3 is 1. The van der Waals surface area contributed by atoms with Gasteiger partial charge in [0.15, 0.2) is 0 Å². The fourth-order valence-electron chi connectivity index (χ4n) is 0.813. The first-order valence-corrected chi connectivity index (χ1v) is 4.31. The van der Waals surface area contributed by atoms with E-state index in [1.165, 1.54) is 7.11 Å². The van der Waals surface area contributed by atoms with E-state index in [4.69, 9.17) is 0 Å². The molecule has 4 nitrogen and oxygen atoms in total. The van der Waals surface area contributed by atoms with Crippen molar-refractivity contribution in [3.05, 3.63) is 0 Å². The fourth-order valence-corrected chi connectivity index (χ4v) is 0.813. The summed E-state index contributed by atoms with van der Waals surface area (Å²) in [6.45, 7) is 0.00552. The van der Waals surface area contributed by atoms with E-state index in [9.17, 15) is 18.0 Å². The molecule has 0 atom stereocenters. The summed E-state index contributed by atoms with van der Waals surface area (Å²) >= 11 is 0. The van der Waals surface area contributed by atoms with Gasteiger partial charge >= 0.3 is 12.3 Å². The Balaban J connectivity index is 3.49. The zero-order valence-electron chi connectivity index (χ0n) is 8.63. The van der Waals surface area contributed by atoms with Crippen LogP contribution in [0.2, 0.25) is 0 Å². The highest BCUT2D eigenvalue weighted by Crippen LogP contribution is 2.15. The number of hydrogen-bond donors (Lipinski definition) is 0. The predicted molar refractivity (Wildman–Crippen MR) is 46.1 cm³/mol. The molecule has 15 heavy (non-hydrogen) atoms. The molecule has 0 unspecified atom stereocenters. The normalized spacial score (nSPS) is 11.9. The number of alkyl halides is 3. The number of nitrogens with zero attached hydrogens (tertiary/aromatic N) is 1. The fraction of sp³-hybridized carbons (Fsp3) is 0.875. The summed E-state index contributed by atoms with van der Waals surface area (Å²) in [7, 11) is 2.86. The van der Waals surface area contributed by atoms with Gasteiger partial charge in [-0.15, -0.1) is 13.2 Å². The van der Waals surface area contributed by atoms with Gasteiger partial charge < -0.3 is 9.64 Å². The Labute approximate surface area is 85.9 Å². The maximum absolute atomic E-state index is 11.6. The topological polar surface area (TPSA) is 38.8 Å². The lowest BCUT2D eigenvalue weighted by atomic mass is 10.4. The predicted octanol–water partition coefficient (Wildman–Crippen LogP) is 1.02. The molecule has 0 aliphatic rings. The SMILES string of the molecule is COC(=O)CCN(C)CCOC(F)(F)F. The van der Waals surface area contributed by atoms with Crippen molar-refractivity contribution in [2.75, 3.05) is 33.9 Å². The molecule has 7 heteroatoms. The van der Waals surface area contributed by atoms with E-state index in [0.29, 0.717) is 6.54 Å². The minimum atomic E-state index is -4.59. The van der Waals surface area contributed by atoms with Gasteiger partial charge in [-0.05, 0) is 7.05 Å². The number of ether oxygens (including phenoxy) is 2. The molecule has 0 amide bonds. The third-order valence-electron chi connectivity index (χ3n) is 1.66. The lowest BCUT2D eigenvalue weighted by molar-refractivity contribution is -0.324. The highest BCUT2D eigenvalue weighted by Gasteiger charge is 2.28. The number of esters is 1. The summed E-state index contributed by atoms with van der Waals surface area (Å²) in [4.78, 5) is 12.2. The first kappa shape index (κ1) is 14.2. The summed E-state index contributed by atoms with van der Waals surface area (Å²) in [5.74, 6) is -0.390. The van der Waals surface area contributed by atoms with Crippen LogP contribution in [0, 0.1) is 0 Å². The van der Waals surface area contributed by atoms with Crippen LogP contribution in [0.4, 0.5) is 13.2 Å². The summed E-state index contributed by atoms with van der Waals surface area (Å²) in [6.07, 6.45) is -4.44. The van der Waals surface area contributed by atoms with Crippen LogP contribution in [0.3, 0.4) is 0 Å². The van der Waals surface area contributed by atoms with Gasteiger partial charge in [0.05, 0.1) is 20.1 Å². The summed E-state index contributed by atoms with van der Waals surface area (Å²) in [5.41, 5.74) is 0. The van der Waals surface area contributed by atoms with Crippen LogP contribution < -0.4 is 0 Å². The van der Waals surface area contributed by atoms with Crippen LogP contribution in [-0.2, 0) is 14.3 Å². The van der Waals surface area contributed by atoms with E-state index < -0.39 is 18.9 Å². The van der Waals surface area contributed by atoms with Gasteiger partial charge in [-0.25, -0.2) is 0 Å². The van der Waals surface area contributed by atoms with Crippen LogP contribution in [0.1, 0.15) is 6.42 Å². The Morgan fingerprint density at radius 1 is 1.33 bits per heavy atom. The Kier molecular flexibility index (Phi) is 6.26. The lowest BCUT2D eigenvalue weighted by Gasteiger charge is -2.16. The van der Waals surface area contributed by atoms with E-state index in [-0.39, 0.29) is 13.0 Å². The van der Waals surface area contributed by atoms with Crippen molar-refractivity contribution in [1.82, 2.24) is 4.90 Å². The van der Waals surface area contributed by atoms with Gasteiger partial charge in [0, 0.05) is 13.1 Å². The van der Waals surface area contributed by atoms with Gasteiger partial charge in [0.2, 0.25) is 0 Å². The molecule has 0 radical (unpaired) electrons. The summed E-state index contributed by atoms with van der Waals surface area (Å²) in [5, 5.41) is 0. The smallest absolute Gasteiger partial charge is 0.469 e. The minimum Gasteiger partial charge on any atom is -0.469 e. The Hall–Kier alpha value is -0.820. The molecule has 0 heterocycles. The molecular weight excluding hydrogens is 215 g/mol. The summed E-state index contributed by atoms with van der Waals surface area (Å²) in [6, 6.07) is 0. The zero-order valence-corrected chi connectivity index (χ0v) is 8.63. The van der Waals surface area contributed by atoms with Gasteiger partial charge in [-0.1, -0.05) is 0 Å². The van der Waals surface area contributed by atoms with Crippen LogP contribution in [-0.4, -0.2) is 51.1 Å². The highest BCUT2D eigenvalue weighted by atomic mass is 19.4. The molecule has 0 rings (SSSR count). The first-order chi connectivity index (χ1) is 6.85. The molecule has 0 aromatic rings. The number of carbonyl (C=O) groups is 1. The van der Waals surface area contributed by atoms with E-state index in [1.54, 1.807) is 11.9 Å². The quantitative estimate of drug-likeness (QED) is 0.637. The summed E-state index contributed by atoms with van der Waals surface area (Å²) < 4.78 is 42.6. The molecule has 0 aromatic heterocycles. The molecule has 0 bridgehead atoms. The monoisotopic (exact) mass is 229 g/mol. The van der Waals surface area contributed by atoms with E-state index in [0.717, 1.165) is 0 Å². The number of likely N-dealkylation sites (N-methyl/N-ethyl adjacent to an activating group) is 1. The van der Waals surface area contributed by atoms with Crippen molar-refractivity contribution in [3.8, 4) is 0 Å². The van der Waals surface area contributed by atoms with Crippen molar-refractivity contribution in [1.29, 1.82) is 0 Å². The second-order valence-electron chi connectivity index (χ2n) is 2.92. The molecule has 0 aromatic carbocycles. The van der Waals surface area contributed by atoms with Crippen LogP contribution >= 0.6 is 0 Å². The Morgan fingerprint density at radius 2 is 1.93 bits per heavy atom. The largest absolute Gasteiger partial charge is 0.522 e. The Morgan fingerprint density at radius 3 is 2.40 bits per heavy atom. The highest BCUT2D eigenvalue weighted by molar-refractivity contribution is 5.69. The van der Waals surface area contributed by atoms with Gasteiger partial charge in [-0.2, -0.15) is 0 Å². The van der Waals surface area contributed by atoms with Crippen molar-refractivity contribution in [2.45, 2.75) is 12.8 Å². The van der Waals surface area contributed by atoms with Gasteiger partial charge in [0.25, 0.3) is 0 Å². The molecule has 0 saturated heterocycles. The van der Waals surface area contributed by atoms with Crippen LogP contribution in [0.25, 0.3) is 0 Å². The molecule has 0 fully saturated rings. The average molecular weight is 229 g/mol. The molecule has 90 valence electrons.